The predicted octanol–water partition coefficient (Wildman–Crippen LogP) is -1.46. The van der Waals surface area contributed by atoms with Crippen molar-refractivity contribution in [3.05, 3.63) is 0 Å². The van der Waals surface area contributed by atoms with Gasteiger partial charge in [0.15, 0.2) is 9.84 Å². The molecule has 0 aliphatic carbocycles. The van der Waals surface area contributed by atoms with Gasteiger partial charge in [-0.05, 0) is 0 Å². The lowest BCUT2D eigenvalue weighted by atomic mass is 10.7. The molecule has 5 heteroatoms. The molecule has 0 aliphatic rings. The van der Waals surface area contributed by atoms with Crippen LogP contribution in [0.5, 0.6) is 0 Å². The maximum atomic E-state index is 10.4. The van der Waals surface area contributed by atoms with E-state index in [1.54, 1.807) is 0 Å². The largest absolute Gasteiger partial charge is 0.329 e. The molecule has 0 spiro atoms. The van der Waals surface area contributed by atoms with Crippen LogP contribution < -0.4 is 11.1 Å². The van der Waals surface area contributed by atoms with Gasteiger partial charge in [0.2, 0.25) is 0 Å². The maximum Gasteiger partial charge on any atom is 0.160 e. The Labute approximate surface area is 55.3 Å². The molecular formula is C4H12N2O2S. The third-order valence-electron chi connectivity index (χ3n) is 0.685. The van der Waals surface area contributed by atoms with Gasteiger partial charge in [-0.2, -0.15) is 0 Å². The molecule has 0 unspecified atom stereocenters. The van der Waals surface area contributed by atoms with Crippen LogP contribution in [0.25, 0.3) is 0 Å². The van der Waals surface area contributed by atoms with E-state index in [-0.39, 0.29) is 5.88 Å². The monoisotopic (exact) mass is 152 g/mol. The molecule has 0 atom stereocenters. The van der Waals surface area contributed by atoms with E-state index in [1.165, 1.54) is 6.26 Å². The molecule has 0 fully saturated rings. The third kappa shape index (κ3) is 7.87. The first-order chi connectivity index (χ1) is 4.06. The van der Waals surface area contributed by atoms with Gasteiger partial charge in [0.05, 0.1) is 5.88 Å². The first kappa shape index (κ1) is 8.87. The van der Waals surface area contributed by atoms with E-state index >= 15 is 0 Å². The van der Waals surface area contributed by atoms with Crippen molar-refractivity contribution in [2.75, 3.05) is 25.2 Å². The zero-order valence-corrected chi connectivity index (χ0v) is 6.24. The molecular weight excluding hydrogens is 140 g/mol. The van der Waals surface area contributed by atoms with Crippen LogP contribution in [0.2, 0.25) is 0 Å². The molecule has 3 N–H and O–H groups in total. The number of hydrogen-bond donors (Lipinski definition) is 2. The molecule has 9 heavy (non-hydrogen) atoms. The van der Waals surface area contributed by atoms with E-state index in [0.717, 1.165) is 0 Å². The Morgan fingerprint density at radius 2 is 2.11 bits per heavy atom. The van der Waals surface area contributed by atoms with Crippen molar-refractivity contribution in [3.8, 4) is 0 Å². The maximum absolute atomic E-state index is 10.4. The lowest BCUT2D eigenvalue weighted by Gasteiger charge is -1.98. The molecule has 0 saturated heterocycles. The Bertz CT molecular complexity index is 152. The van der Waals surface area contributed by atoms with Crippen LogP contribution in [0.4, 0.5) is 0 Å². The molecule has 0 aromatic heterocycles. The van der Waals surface area contributed by atoms with Crippen LogP contribution in [-0.2, 0) is 9.84 Å². The number of hydrogen-bond acceptors (Lipinski definition) is 4. The van der Waals surface area contributed by atoms with Gasteiger partial charge >= 0.3 is 0 Å². The topological polar surface area (TPSA) is 72.2 Å². The second kappa shape index (κ2) is 3.81. The van der Waals surface area contributed by atoms with Crippen molar-refractivity contribution < 1.29 is 8.42 Å². The van der Waals surface area contributed by atoms with Crippen LogP contribution in [0.1, 0.15) is 0 Å². The summed E-state index contributed by atoms with van der Waals surface area (Å²) in [6.07, 6.45) is 1.18. The SMILES string of the molecule is CS(=O)(=O)CNCCN. The summed E-state index contributed by atoms with van der Waals surface area (Å²) in [5.74, 6) is 0.0181. The van der Waals surface area contributed by atoms with Gasteiger partial charge in [0.1, 0.15) is 0 Å². The second-order valence-corrected chi connectivity index (χ2v) is 4.00. The van der Waals surface area contributed by atoms with Crippen molar-refractivity contribution in [2.24, 2.45) is 5.73 Å². The normalized spacial score (nSPS) is 11.8. The van der Waals surface area contributed by atoms with Gasteiger partial charge in [-0.15, -0.1) is 0 Å². The average Bonchev–Trinajstić information content (AvgIpc) is 1.63. The Morgan fingerprint density at radius 1 is 1.56 bits per heavy atom. The van der Waals surface area contributed by atoms with Gasteiger partial charge in [-0.25, -0.2) is 8.42 Å². The highest BCUT2D eigenvalue weighted by Crippen LogP contribution is 1.74. The summed E-state index contributed by atoms with van der Waals surface area (Å²) in [7, 11) is -2.86. The minimum absolute atomic E-state index is 0.0181. The van der Waals surface area contributed by atoms with Crippen LogP contribution >= 0.6 is 0 Å². The van der Waals surface area contributed by atoms with E-state index in [9.17, 15) is 8.42 Å². The van der Waals surface area contributed by atoms with Crippen LogP contribution in [-0.4, -0.2) is 33.6 Å². The molecule has 56 valence electrons. The van der Waals surface area contributed by atoms with Crippen molar-refractivity contribution in [1.82, 2.24) is 5.32 Å². The summed E-state index contributed by atoms with van der Waals surface area (Å²) in [4.78, 5) is 0. The van der Waals surface area contributed by atoms with Gasteiger partial charge in [0.25, 0.3) is 0 Å². The molecule has 0 amide bonds. The summed E-state index contributed by atoms with van der Waals surface area (Å²) < 4.78 is 20.8. The summed E-state index contributed by atoms with van der Waals surface area (Å²) in [5.41, 5.74) is 5.10. The van der Waals surface area contributed by atoms with Gasteiger partial charge in [-0.1, -0.05) is 0 Å². The fraction of sp³-hybridized carbons (Fsp3) is 1.00. The number of nitrogens with two attached hydrogens (primary N) is 1. The molecule has 0 aromatic carbocycles. The van der Waals surface area contributed by atoms with Gasteiger partial charge < -0.3 is 11.1 Å². The van der Waals surface area contributed by atoms with Crippen molar-refractivity contribution in [3.63, 3.8) is 0 Å². The number of sulfone groups is 1. The van der Waals surface area contributed by atoms with Crippen LogP contribution in [0.3, 0.4) is 0 Å². The van der Waals surface area contributed by atoms with Crippen molar-refractivity contribution in [2.45, 2.75) is 0 Å². The zero-order valence-electron chi connectivity index (χ0n) is 5.42. The highest BCUT2D eigenvalue weighted by atomic mass is 32.2. The quantitative estimate of drug-likeness (QED) is 0.483. The molecule has 0 saturated carbocycles. The molecule has 0 radical (unpaired) electrons. The smallest absolute Gasteiger partial charge is 0.160 e. The molecule has 0 aliphatic heterocycles. The van der Waals surface area contributed by atoms with E-state index in [1.807, 2.05) is 0 Å². The third-order valence-corrected chi connectivity index (χ3v) is 1.41. The van der Waals surface area contributed by atoms with Crippen molar-refractivity contribution in [1.29, 1.82) is 0 Å². The fourth-order valence-electron chi connectivity index (χ4n) is 0.360. The van der Waals surface area contributed by atoms with Crippen LogP contribution in [0.15, 0.2) is 0 Å². The predicted molar refractivity (Wildman–Crippen MR) is 36.8 cm³/mol. The Kier molecular flexibility index (Phi) is 3.76. The minimum atomic E-state index is -2.86. The molecule has 0 rings (SSSR count). The average molecular weight is 152 g/mol. The summed E-state index contributed by atoms with van der Waals surface area (Å²) in [6.45, 7) is 1.02. The second-order valence-electron chi connectivity index (χ2n) is 1.86. The lowest BCUT2D eigenvalue weighted by molar-refractivity contribution is 0.593. The van der Waals surface area contributed by atoms with Gasteiger partial charge in [0, 0.05) is 19.3 Å². The molecule has 0 heterocycles. The molecule has 0 bridgehead atoms. The zero-order chi connectivity index (χ0) is 7.33. The van der Waals surface area contributed by atoms with E-state index in [0.29, 0.717) is 13.1 Å². The molecule has 4 nitrogen and oxygen atoms in total. The van der Waals surface area contributed by atoms with E-state index in [4.69, 9.17) is 5.73 Å². The van der Waals surface area contributed by atoms with Crippen LogP contribution in [0, 0.1) is 0 Å². The number of rotatable bonds is 4. The molecule has 0 aromatic rings. The van der Waals surface area contributed by atoms with Gasteiger partial charge in [-0.3, -0.25) is 0 Å². The number of nitrogens with one attached hydrogen (secondary N) is 1. The van der Waals surface area contributed by atoms with E-state index in [2.05, 4.69) is 5.32 Å². The Hall–Kier alpha value is -0.130. The summed E-state index contributed by atoms with van der Waals surface area (Å²) >= 11 is 0. The first-order valence-corrected chi connectivity index (χ1v) is 4.71. The minimum Gasteiger partial charge on any atom is -0.329 e. The van der Waals surface area contributed by atoms with E-state index < -0.39 is 9.84 Å². The summed E-state index contributed by atoms with van der Waals surface area (Å²) in [6, 6.07) is 0. The summed E-state index contributed by atoms with van der Waals surface area (Å²) in [5, 5.41) is 2.66. The Morgan fingerprint density at radius 3 is 2.44 bits per heavy atom. The highest BCUT2D eigenvalue weighted by Gasteiger charge is 1.97. The standard InChI is InChI=1S/C4H12N2O2S/c1-9(7,8)4-6-3-2-5/h6H,2-5H2,1H3. The Balaban J connectivity index is 3.30. The van der Waals surface area contributed by atoms with Crippen molar-refractivity contribution >= 4 is 9.84 Å². The fourth-order valence-corrected chi connectivity index (χ4v) is 0.875. The lowest BCUT2D eigenvalue weighted by Crippen LogP contribution is -2.27. The highest BCUT2D eigenvalue weighted by molar-refractivity contribution is 7.90. The first-order valence-electron chi connectivity index (χ1n) is 2.65.